The van der Waals surface area contributed by atoms with Crippen LogP contribution in [-0.4, -0.2) is 33.2 Å². The average molecular weight is 290 g/mol. The van der Waals surface area contributed by atoms with Gasteiger partial charge in [0.25, 0.3) is 0 Å². The van der Waals surface area contributed by atoms with Gasteiger partial charge in [-0.25, -0.2) is 0 Å². The van der Waals surface area contributed by atoms with Gasteiger partial charge in [-0.1, -0.05) is 6.07 Å². The topological polar surface area (TPSA) is 59.6 Å². The SMILES string of the molecule is COc1ccc(C(C)NC(=O)C(C)=C2CNC2)cc1OC. The molecule has 5 nitrogen and oxygen atoms in total. The van der Waals surface area contributed by atoms with Crippen LogP contribution in [0.15, 0.2) is 29.3 Å². The molecule has 5 heteroatoms. The Labute approximate surface area is 125 Å². The van der Waals surface area contributed by atoms with E-state index < -0.39 is 0 Å². The fourth-order valence-corrected chi connectivity index (χ4v) is 2.19. The van der Waals surface area contributed by atoms with Gasteiger partial charge >= 0.3 is 0 Å². The lowest BCUT2D eigenvalue weighted by atomic mass is 10.0. The first-order chi connectivity index (χ1) is 10.1. The Bertz CT molecular complexity index is 561. The maximum absolute atomic E-state index is 12.2. The van der Waals surface area contributed by atoms with Crippen molar-refractivity contribution in [1.82, 2.24) is 10.6 Å². The van der Waals surface area contributed by atoms with E-state index in [4.69, 9.17) is 9.47 Å². The number of rotatable bonds is 5. The van der Waals surface area contributed by atoms with Gasteiger partial charge < -0.3 is 20.1 Å². The summed E-state index contributed by atoms with van der Waals surface area (Å²) in [5.41, 5.74) is 2.96. The van der Waals surface area contributed by atoms with Gasteiger partial charge in [-0.15, -0.1) is 0 Å². The molecule has 0 aliphatic carbocycles. The van der Waals surface area contributed by atoms with E-state index in [2.05, 4.69) is 10.6 Å². The largest absolute Gasteiger partial charge is 0.493 e. The number of carbonyl (C=O) groups excluding carboxylic acids is 1. The smallest absolute Gasteiger partial charge is 0.247 e. The van der Waals surface area contributed by atoms with Crippen LogP contribution in [0.5, 0.6) is 11.5 Å². The van der Waals surface area contributed by atoms with E-state index in [0.29, 0.717) is 11.5 Å². The first kappa shape index (κ1) is 15.4. The molecule has 1 aromatic rings. The lowest BCUT2D eigenvalue weighted by Gasteiger charge is -2.23. The van der Waals surface area contributed by atoms with E-state index in [1.165, 1.54) is 5.57 Å². The Morgan fingerprint density at radius 1 is 1.24 bits per heavy atom. The fraction of sp³-hybridized carbons (Fsp3) is 0.438. The predicted octanol–water partition coefficient (Wildman–Crippen LogP) is 1.80. The van der Waals surface area contributed by atoms with Crippen LogP contribution in [0.4, 0.5) is 0 Å². The van der Waals surface area contributed by atoms with Gasteiger partial charge in [0.15, 0.2) is 11.5 Å². The summed E-state index contributed by atoms with van der Waals surface area (Å²) >= 11 is 0. The van der Waals surface area contributed by atoms with Crippen LogP contribution in [0.2, 0.25) is 0 Å². The quantitative estimate of drug-likeness (QED) is 0.812. The minimum absolute atomic E-state index is 0.0196. The molecule has 1 fully saturated rings. The third-order valence-electron chi connectivity index (χ3n) is 3.80. The van der Waals surface area contributed by atoms with Crippen LogP contribution < -0.4 is 20.1 Å². The lowest BCUT2D eigenvalue weighted by Crippen LogP contribution is -2.38. The molecule has 1 aliphatic rings. The molecule has 0 radical (unpaired) electrons. The van der Waals surface area contributed by atoms with E-state index in [1.54, 1.807) is 14.2 Å². The summed E-state index contributed by atoms with van der Waals surface area (Å²) in [6.45, 7) is 5.44. The highest BCUT2D eigenvalue weighted by Gasteiger charge is 2.18. The highest BCUT2D eigenvalue weighted by atomic mass is 16.5. The van der Waals surface area contributed by atoms with Crippen molar-refractivity contribution in [3.05, 3.63) is 34.9 Å². The highest BCUT2D eigenvalue weighted by Crippen LogP contribution is 2.30. The molecule has 114 valence electrons. The zero-order chi connectivity index (χ0) is 15.4. The molecule has 1 aliphatic heterocycles. The summed E-state index contributed by atoms with van der Waals surface area (Å²) in [5, 5.41) is 6.15. The number of methoxy groups -OCH3 is 2. The molecular formula is C16H22N2O3. The van der Waals surface area contributed by atoms with Crippen LogP contribution in [0.1, 0.15) is 25.5 Å². The number of ether oxygens (including phenoxy) is 2. The number of amides is 1. The molecule has 1 saturated heterocycles. The minimum Gasteiger partial charge on any atom is -0.493 e. The Hall–Kier alpha value is -2.01. The van der Waals surface area contributed by atoms with E-state index in [9.17, 15) is 4.79 Å². The van der Waals surface area contributed by atoms with Gasteiger partial charge in [0.1, 0.15) is 0 Å². The average Bonchev–Trinajstić information content (AvgIpc) is 2.44. The molecule has 1 aromatic carbocycles. The molecule has 21 heavy (non-hydrogen) atoms. The van der Waals surface area contributed by atoms with E-state index >= 15 is 0 Å². The van der Waals surface area contributed by atoms with E-state index in [1.807, 2.05) is 32.0 Å². The van der Waals surface area contributed by atoms with Crippen molar-refractivity contribution in [1.29, 1.82) is 0 Å². The zero-order valence-corrected chi connectivity index (χ0v) is 12.9. The van der Waals surface area contributed by atoms with Crippen molar-refractivity contribution in [2.45, 2.75) is 19.9 Å². The summed E-state index contributed by atoms with van der Waals surface area (Å²) in [6.07, 6.45) is 0. The maximum Gasteiger partial charge on any atom is 0.247 e. The number of carbonyl (C=O) groups is 1. The van der Waals surface area contributed by atoms with E-state index in [-0.39, 0.29) is 11.9 Å². The van der Waals surface area contributed by atoms with Gasteiger partial charge in [0, 0.05) is 18.7 Å². The summed E-state index contributed by atoms with van der Waals surface area (Å²) < 4.78 is 10.5. The van der Waals surface area contributed by atoms with Crippen LogP contribution in [0.25, 0.3) is 0 Å². The molecule has 1 unspecified atom stereocenters. The van der Waals surface area contributed by atoms with Gasteiger partial charge in [0.2, 0.25) is 5.91 Å². The minimum atomic E-state index is -0.0964. The van der Waals surface area contributed by atoms with Crippen LogP contribution in [0.3, 0.4) is 0 Å². The van der Waals surface area contributed by atoms with Crippen LogP contribution in [-0.2, 0) is 4.79 Å². The second kappa shape index (κ2) is 6.63. The van der Waals surface area contributed by atoms with Gasteiger partial charge in [-0.2, -0.15) is 0 Å². The molecule has 0 bridgehead atoms. The number of nitrogens with one attached hydrogen (secondary N) is 2. The maximum atomic E-state index is 12.2. The second-order valence-corrected chi connectivity index (χ2v) is 5.14. The first-order valence-corrected chi connectivity index (χ1v) is 6.99. The Morgan fingerprint density at radius 3 is 2.43 bits per heavy atom. The van der Waals surface area contributed by atoms with Crippen molar-refractivity contribution in [3.63, 3.8) is 0 Å². The molecule has 0 saturated carbocycles. The number of hydrogen-bond acceptors (Lipinski definition) is 4. The van der Waals surface area contributed by atoms with Crippen molar-refractivity contribution >= 4 is 5.91 Å². The second-order valence-electron chi connectivity index (χ2n) is 5.14. The fourth-order valence-electron chi connectivity index (χ4n) is 2.19. The molecule has 0 spiro atoms. The number of hydrogen-bond donors (Lipinski definition) is 2. The molecular weight excluding hydrogens is 268 g/mol. The predicted molar refractivity (Wildman–Crippen MR) is 81.7 cm³/mol. The summed E-state index contributed by atoms with van der Waals surface area (Å²) in [5.74, 6) is 1.32. The Morgan fingerprint density at radius 2 is 1.90 bits per heavy atom. The summed E-state index contributed by atoms with van der Waals surface area (Å²) in [6, 6.07) is 5.57. The summed E-state index contributed by atoms with van der Waals surface area (Å²) in [4.78, 5) is 12.2. The molecule has 0 aromatic heterocycles. The third-order valence-corrected chi connectivity index (χ3v) is 3.80. The molecule has 2 N–H and O–H groups in total. The van der Waals surface area contributed by atoms with E-state index in [0.717, 1.165) is 24.2 Å². The molecule has 2 rings (SSSR count). The van der Waals surface area contributed by atoms with Crippen LogP contribution in [0, 0.1) is 0 Å². The monoisotopic (exact) mass is 290 g/mol. The van der Waals surface area contributed by atoms with Crippen molar-refractivity contribution < 1.29 is 14.3 Å². The lowest BCUT2D eigenvalue weighted by molar-refractivity contribution is -0.118. The highest BCUT2D eigenvalue weighted by molar-refractivity contribution is 5.94. The normalized spacial score (nSPS) is 15.0. The van der Waals surface area contributed by atoms with Crippen molar-refractivity contribution in [2.24, 2.45) is 0 Å². The molecule has 1 heterocycles. The van der Waals surface area contributed by atoms with Crippen molar-refractivity contribution in [3.8, 4) is 11.5 Å². The standard InChI is InChI=1S/C16H22N2O3/c1-10(13-8-17-9-13)16(19)18-11(2)12-5-6-14(20-3)15(7-12)21-4/h5-7,11,17H,8-9H2,1-4H3,(H,18,19). The first-order valence-electron chi connectivity index (χ1n) is 6.99. The Kier molecular flexibility index (Phi) is 4.85. The van der Waals surface area contributed by atoms with Gasteiger partial charge in [-0.05, 0) is 37.1 Å². The van der Waals surface area contributed by atoms with Crippen LogP contribution >= 0.6 is 0 Å². The molecule has 1 atom stereocenters. The van der Waals surface area contributed by atoms with Gasteiger partial charge in [-0.3, -0.25) is 4.79 Å². The third kappa shape index (κ3) is 3.36. The van der Waals surface area contributed by atoms with Gasteiger partial charge in [0.05, 0.1) is 20.3 Å². The Balaban J connectivity index is 2.09. The summed E-state index contributed by atoms with van der Waals surface area (Å²) in [7, 11) is 3.20. The number of benzene rings is 1. The zero-order valence-electron chi connectivity index (χ0n) is 12.9. The van der Waals surface area contributed by atoms with Crippen molar-refractivity contribution in [2.75, 3.05) is 27.3 Å². The molecule has 1 amide bonds.